The third-order valence-electron chi connectivity index (χ3n) is 4.03. The van der Waals surface area contributed by atoms with Gasteiger partial charge in [-0.1, -0.05) is 11.6 Å². The van der Waals surface area contributed by atoms with Crippen LogP contribution in [0.3, 0.4) is 0 Å². The van der Waals surface area contributed by atoms with E-state index in [2.05, 4.69) is 5.32 Å². The number of hydrogen-bond acceptors (Lipinski definition) is 2. The number of aryl methyl sites for hydroxylation is 1. The van der Waals surface area contributed by atoms with Crippen molar-refractivity contribution in [2.75, 3.05) is 16.8 Å². The topological polar surface area (TPSA) is 49.4 Å². The minimum atomic E-state index is -0.491. The van der Waals surface area contributed by atoms with E-state index in [1.807, 2.05) is 19.1 Å². The van der Waals surface area contributed by atoms with Crippen molar-refractivity contribution in [1.29, 1.82) is 0 Å². The van der Waals surface area contributed by atoms with Crippen LogP contribution in [0.15, 0.2) is 36.4 Å². The fraction of sp³-hybridized carbons (Fsp3) is 0.222. The Kier molecular flexibility index (Phi) is 4.53. The summed E-state index contributed by atoms with van der Waals surface area (Å²) in [5, 5.41) is 2.83. The van der Waals surface area contributed by atoms with Crippen molar-refractivity contribution in [3.8, 4) is 0 Å². The van der Waals surface area contributed by atoms with Crippen LogP contribution in [-0.4, -0.2) is 18.4 Å². The van der Waals surface area contributed by atoms with Crippen LogP contribution in [0.4, 0.5) is 15.8 Å². The molecule has 24 heavy (non-hydrogen) atoms. The summed E-state index contributed by atoms with van der Waals surface area (Å²) in [6.07, 6.45) is 1.10. The first-order valence-electron chi connectivity index (χ1n) is 7.69. The molecule has 1 aliphatic heterocycles. The van der Waals surface area contributed by atoms with Gasteiger partial charge in [-0.15, -0.1) is 0 Å². The monoisotopic (exact) mass is 346 g/mol. The van der Waals surface area contributed by atoms with Gasteiger partial charge >= 0.3 is 0 Å². The minimum absolute atomic E-state index is 0.0632. The summed E-state index contributed by atoms with van der Waals surface area (Å²) in [7, 11) is 0. The molecule has 0 aliphatic carbocycles. The van der Waals surface area contributed by atoms with Crippen molar-refractivity contribution in [3.05, 3.63) is 58.4 Å². The van der Waals surface area contributed by atoms with Crippen molar-refractivity contribution >= 4 is 34.8 Å². The second kappa shape index (κ2) is 6.61. The largest absolute Gasteiger partial charge is 0.322 e. The normalized spacial score (nSPS) is 13.6. The van der Waals surface area contributed by atoms with Crippen molar-refractivity contribution in [2.45, 2.75) is 19.8 Å². The fourth-order valence-corrected chi connectivity index (χ4v) is 3.11. The zero-order valence-electron chi connectivity index (χ0n) is 13.1. The fourth-order valence-electron chi connectivity index (χ4n) is 2.86. The second-order valence-corrected chi connectivity index (χ2v) is 5.97. The third kappa shape index (κ3) is 3.12. The van der Waals surface area contributed by atoms with Crippen LogP contribution in [0, 0.1) is 5.82 Å². The number of anilines is 2. The highest BCUT2D eigenvalue weighted by atomic mass is 35.5. The molecule has 2 aromatic rings. The molecule has 0 fully saturated rings. The molecule has 0 unspecified atom stereocenters. The molecule has 2 aromatic carbocycles. The lowest BCUT2D eigenvalue weighted by Gasteiger charge is -2.28. The minimum Gasteiger partial charge on any atom is -0.322 e. The number of benzene rings is 2. The maximum atomic E-state index is 13.1. The second-order valence-electron chi connectivity index (χ2n) is 5.56. The van der Waals surface area contributed by atoms with Gasteiger partial charge in [0.05, 0.1) is 10.6 Å². The summed E-state index contributed by atoms with van der Waals surface area (Å²) in [6.45, 7) is 2.54. The van der Waals surface area contributed by atoms with Gasteiger partial charge in [0.2, 0.25) is 5.91 Å². The Morgan fingerprint density at radius 2 is 2.04 bits per heavy atom. The van der Waals surface area contributed by atoms with Gasteiger partial charge in [0.15, 0.2) is 0 Å². The highest BCUT2D eigenvalue weighted by molar-refractivity contribution is 6.34. The Balaban J connectivity index is 1.84. The van der Waals surface area contributed by atoms with Crippen molar-refractivity contribution in [2.24, 2.45) is 0 Å². The molecule has 1 aliphatic rings. The zero-order chi connectivity index (χ0) is 17.3. The Morgan fingerprint density at radius 1 is 1.25 bits per heavy atom. The number of nitrogens with zero attached hydrogens (tertiary/aromatic N) is 1. The van der Waals surface area contributed by atoms with E-state index in [0.29, 0.717) is 25.1 Å². The van der Waals surface area contributed by atoms with E-state index in [-0.39, 0.29) is 16.5 Å². The lowest BCUT2D eigenvalue weighted by atomic mass is 10.0. The van der Waals surface area contributed by atoms with Gasteiger partial charge < -0.3 is 10.2 Å². The molecule has 1 heterocycles. The molecular formula is C18H16ClFN2O2. The molecule has 0 atom stereocenters. The average molecular weight is 347 g/mol. The Hall–Kier alpha value is -2.40. The van der Waals surface area contributed by atoms with E-state index in [9.17, 15) is 14.0 Å². The Labute approximate surface area is 144 Å². The van der Waals surface area contributed by atoms with Crippen molar-refractivity contribution in [1.82, 2.24) is 0 Å². The first-order chi connectivity index (χ1) is 11.5. The summed E-state index contributed by atoms with van der Waals surface area (Å²) < 4.78 is 13.1. The van der Waals surface area contributed by atoms with Gasteiger partial charge in [-0.3, -0.25) is 9.59 Å². The highest BCUT2D eigenvalue weighted by Crippen LogP contribution is 2.30. The van der Waals surface area contributed by atoms with Crippen molar-refractivity contribution < 1.29 is 14.0 Å². The number of fused-ring (bicyclic) bond motifs is 1. The maximum Gasteiger partial charge on any atom is 0.257 e. The van der Waals surface area contributed by atoms with E-state index in [1.165, 1.54) is 12.1 Å². The number of amides is 2. The van der Waals surface area contributed by atoms with Gasteiger partial charge in [-0.25, -0.2) is 4.39 Å². The molecule has 0 bridgehead atoms. The average Bonchev–Trinajstić information content (AvgIpc) is 2.54. The number of halogens is 2. The van der Waals surface area contributed by atoms with Gasteiger partial charge in [-0.2, -0.15) is 0 Å². The van der Waals surface area contributed by atoms with E-state index >= 15 is 0 Å². The first kappa shape index (κ1) is 16.5. The highest BCUT2D eigenvalue weighted by Gasteiger charge is 2.23. The summed E-state index contributed by atoms with van der Waals surface area (Å²) >= 11 is 5.91. The van der Waals surface area contributed by atoms with Crippen LogP contribution >= 0.6 is 11.6 Å². The number of rotatable bonds is 3. The van der Waals surface area contributed by atoms with E-state index in [0.717, 1.165) is 17.3 Å². The summed E-state index contributed by atoms with van der Waals surface area (Å²) in [4.78, 5) is 26.0. The van der Waals surface area contributed by atoms with E-state index in [1.54, 1.807) is 11.0 Å². The van der Waals surface area contributed by atoms with Gasteiger partial charge in [0, 0.05) is 24.3 Å². The standard InChI is InChI=1S/C18H16ClFN2O2/c1-2-22-16-7-5-13(9-11(16)3-8-17(22)23)21-18(24)14-6-4-12(20)10-15(14)19/h4-7,9-10H,2-3,8H2,1H3,(H,21,24). The van der Waals surface area contributed by atoms with Crippen LogP contribution in [0.2, 0.25) is 5.02 Å². The Morgan fingerprint density at radius 3 is 2.75 bits per heavy atom. The van der Waals surface area contributed by atoms with Crippen LogP contribution in [-0.2, 0) is 11.2 Å². The maximum absolute atomic E-state index is 13.1. The van der Waals surface area contributed by atoms with Crippen molar-refractivity contribution in [3.63, 3.8) is 0 Å². The molecular weight excluding hydrogens is 331 g/mol. The van der Waals surface area contributed by atoms with Gasteiger partial charge in [-0.05, 0) is 55.3 Å². The number of nitrogens with one attached hydrogen (secondary N) is 1. The molecule has 1 N–H and O–H groups in total. The quantitative estimate of drug-likeness (QED) is 0.912. The predicted molar refractivity (Wildman–Crippen MR) is 92.2 cm³/mol. The SMILES string of the molecule is CCN1C(=O)CCc2cc(NC(=O)c3ccc(F)cc3Cl)ccc21. The number of carbonyl (C=O) groups excluding carboxylic acids is 2. The Bertz CT molecular complexity index is 823. The molecule has 0 saturated carbocycles. The van der Waals surface area contributed by atoms with E-state index in [4.69, 9.17) is 11.6 Å². The van der Waals surface area contributed by atoms with E-state index < -0.39 is 11.7 Å². The lowest BCUT2D eigenvalue weighted by Crippen LogP contribution is -2.34. The van der Waals surface area contributed by atoms with Crippen LogP contribution in [0.1, 0.15) is 29.3 Å². The predicted octanol–water partition coefficient (Wildman–Crippen LogP) is 4.03. The number of carbonyl (C=O) groups is 2. The summed E-state index contributed by atoms with van der Waals surface area (Å²) in [5.41, 5.74) is 2.72. The molecule has 0 spiro atoms. The molecule has 4 nitrogen and oxygen atoms in total. The van der Waals surface area contributed by atoms with Crippen LogP contribution in [0.25, 0.3) is 0 Å². The summed E-state index contributed by atoms with van der Waals surface area (Å²) in [5.74, 6) is -0.784. The summed E-state index contributed by atoms with van der Waals surface area (Å²) in [6, 6.07) is 9.09. The van der Waals surface area contributed by atoms with Crippen LogP contribution in [0.5, 0.6) is 0 Å². The van der Waals surface area contributed by atoms with Gasteiger partial charge in [0.25, 0.3) is 5.91 Å². The lowest BCUT2D eigenvalue weighted by molar-refractivity contribution is -0.118. The molecule has 6 heteroatoms. The molecule has 0 saturated heterocycles. The molecule has 2 amide bonds. The smallest absolute Gasteiger partial charge is 0.257 e. The first-order valence-corrected chi connectivity index (χ1v) is 8.07. The zero-order valence-corrected chi connectivity index (χ0v) is 13.9. The molecule has 3 rings (SSSR count). The third-order valence-corrected chi connectivity index (χ3v) is 4.34. The molecule has 0 aromatic heterocycles. The van der Waals surface area contributed by atoms with Gasteiger partial charge in [0.1, 0.15) is 5.82 Å². The molecule has 0 radical (unpaired) electrons. The molecule has 124 valence electrons. The van der Waals surface area contributed by atoms with Crippen LogP contribution < -0.4 is 10.2 Å². The number of hydrogen-bond donors (Lipinski definition) is 1.